The Morgan fingerprint density at radius 1 is 1.08 bits per heavy atom. The number of hydrogen-bond donors (Lipinski definition) is 1. The van der Waals surface area contributed by atoms with Gasteiger partial charge in [-0.25, -0.2) is 4.68 Å². The second kappa shape index (κ2) is 7.80. The summed E-state index contributed by atoms with van der Waals surface area (Å²) in [5.41, 5.74) is 3.03. The van der Waals surface area contributed by atoms with E-state index >= 15 is 0 Å². The molecule has 2 N–H and O–H groups in total. The average molecular weight is 375 g/mol. The molecule has 0 atom stereocenters. The molecule has 0 unspecified atom stereocenters. The van der Waals surface area contributed by atoms with Crippen LogP contribution >= 0.6 is 23.4 Å². The van der Waals surface area contributed by atoms with Gasteiger partial charge in [0.1, 0.15) is 5.75 Å². The first-order chi connectivity index (χ1) is 12.1. The van der Waals surface area contributed by atoms with Crippen LogP contribution in [0.4, 0.5) is 0 Å². The summed E-state index contributed by atoms with van der Waals surface area (Å²) in [6, 6.07) is 13.5. The fourth-order valence-electron chi connectivity index (χ4n) is 2.51. The van der Waals surface area contributed by atoms with Gasteiger partial charge in [-0.3, -0.25) is 0 Å². The predicted molar refractivity (Wildman–Crippen MR) is 103 cm³/mol. The molecule has 3 rings (SSSR count). The molecule has 25 heavy (non-hydrogen) atoms. The zero-order valence-electron chi connectivity index (χ0n) is 14.1. The maximum Gasteiger partial charge on any atom is 0.210 e. The smallest absolute Gasteiger partial charge is 0.210 e. The molecule has 130 valence electrons. The highest BCUT2D eigenvalue weighted by Crippen LogP contribution is 2.28. The summed E-state index contributed by atoms with van der Waals surface area (Å²) < 4.78 is 7.36. The fraction of sp³-hybridized carbons (Fsp3) is 0.222. The van der Waals surface area contributed by atoms with Gasteiger partial charge in [-0.05, 0) is 37.1 Å². The van der Waals surface area contributed by atoms with Crippen molar-refractivity contribution in [1.82, 2.24) is 14.9 Å². The predicted octanol–water partition coefficient (Wildman–Crippen LogP) is 4.10. The van der Waals surface area contributed by atoms with Crippen LogP contribution in [-0.4, -0.2) is 27.2 Å². The lowest BCUT2D eigenvalue weighted by atomic mass is 10.1. The van der Waals surface area contributed by atoms with Crippen LogP contribution in [0.1, 0.15) is 11.1 Å². The summed E-state index contributed by atoms with van der Waals surface area (Å²) >= 11 is 7.70. The lowest BCUT2D eigenvalue weighted by molar-refractivity contribution is 0.339. The second-order valence-electron chi connectivity index (χ2n) is 5.57. The molecular weight excluding hydrogens is 356 g/mol. The molecule has 0 aliphatic rings. The Morgan fingerprint density at radius 2 is 1.80 bits per heavy atom. The number of thioether (sulfide) groups is 1. The van der Waals surface area contributed by atoms with Gasteiger partial charge in [0.05, 0.1) is 11.6 Å². The third kappa shape index (κ3) is 3.91. The summed E-state index contributed by atoms with van der Waals surface area (Å²) in [5.74, 6) is 8.32. The molecule has 0 radical (unpaired) electrons. The maximum absolute atomic E-state index is 6.20. The van der Waals surface area contributed by atoms with E-state index in [2.05, 4.69) is 10.2 Å². The van der Waals surface area contributed by atoms with Crippen LogP contribution in [0, 0.1) is 13.8 Å². The van der Waals surface area contributed by atoms with Crippen molar-refractivity contribution in [3.63, 3.8) is 0 Å². The number of hydrogen-bond acceptors (Lipinski definition) is 5. The number of ether oxygens (including phenoxy) is 1. The minimum atomic E-state index is 0.545. The highest BCUT2D eigenvalue weighted by molar-refractivity contribution is 7.99. The number of nitrogens with two attached hydrogens (primary N) is 1. The van der Waals surface area contributed by atoms with Crippen molar-refractivity contribution in [3.8, 4) is 17.1 Å². The van der Waals surface area contributed by atoms with E-state index < -0.39 is 0 Å². The lowest BCUT2D eigenvalue weighted by Gasteiger charge is -2.11. The maximum atomic E-state index is 6.20. The Bertz CT molecular complexity index is 861. The average Bonchev–Trinajstić information content (AvgIpc) is 2.95. The van der Waals surface area contributed by atoms with Crippen molar-refractivity contribution in [2.75, 3.05) is 18.2 Å². The first-order valence-corrected chi connectivity index (χ1v) is 9.21. The first kappa shape index (κ1) is 17.6. The van der Waals surface area contributed by atoms with Crippen molar-refractivity contribution in [2.45, 2.75) is 19.0 Å². The van der Waals surface area contributed by atoms with Crippen LogP contribution in [-0.2, 0) is 0 Å². The van der Waals surface area contributed by atoms with E-state index in [0.29, 0.717) is 28.4 Å². The number of para-hydroxylation sites is 1. The summed E-state index contributed by atoms with van der Waals surface area (Å²) in [4.78, 5) is 0. The third-order valence-electron chi connectivity index (χ3n) is 3.75. The van der Waals surface area contributed by atoms with E-state index in [1.807, 2.05) is 50.2 Å². The summed E-state index contributed by atoms with van der Waals surface area (Å²) in [7, 11) is 0. The van der Waals surface area contributed by atoms with Crippen molar-refractivity contribution >= 4 is 23.4 Å². The van der Waals surface area contributed by atoms with Gasteiger partial charge in [0.2, 0.25) is 5.16 Å². The van der Waals surface area contributed by atoms with E-state index in [0.717, 1.165) is 22.4 Å². The van der Waals surface area contributed by atoms with E-state index in [4.69, 9.17) is 22.2 Å². The Morgan fingerprint density at radius 3 is 2.52 bits per heavy atom. The molecule has 0 saturated heterocycles. The minimum absolute atomic E-state index is 0.545. The lowest BCUT2D eigenvalue weighted by Crippen LogP contribution is -2.12. The van der Waals surface area contributed by atoms with Crippen LogP contribution in [0.25, 0.3) is 11.4 Å². The third-order valence-corrected chi connectivity index (χ3v) is 4.99. The number of halogens is 1. The molecule has 7 heteroatoms. The normalized spacial score (nSPS) is 10.8. The molecule has 0 aliphatic heterocycles. The van der Waals surface area contributed by atoms with Gasteiger partial charge in [-0.1, -0.05) is 53.7 Å². The SMILES string of the molecule is Cc1cccc(C)c1OCCSc1nnc(-c2ccccc2Cl)n1N. The quantitative estimate of drug-likeness (QED) is 0.399. The largest absolute Gasteiger partial charge is 0.492 e. The molecule has 0 spiro atoms. The van der Waals surface area contributed by atoms with Gasteiger partial charge in [-0.15, -0.1) is 10.2 Å². The first-order valence-electron chi connectivity index (χ1n) is 7.85. The number of rotatable bonds is 6. The summed E-state index contributed by atoms with van der Waals surface area (Å²) in [6.07, 6.45) is 0. The number of nitrogens with zero attached hydrogens (tertiary/aromatic N) is 3. The van der Waals surface area contributed by atoms with Gasteiger partial charge < -0.3 is 10.6 Å². The van der Waals surface area contributed by atoms with Gasteiger partial charge in [-0.2, -0.15) is 0 Å². The molecule has 1 aromatic heterocycles. The summed E-state index contributed by atoms with van der Waals surface area (Å²) in [6.45, 7) is 4.65. The standard InChI is InChI=1S/C18H19ClN4OS/c1-12-6-5-7-13(2)16(12)24-10-11-25-18-22-21-17(23(18)20)14-8-3-4-9-15(14)19/h3-9H,10-11,20H2,1-2H3. The minimum Gasteiger partial charge on any atom is -0.492 e. The van der Waals surface area contributed by atoms with Crippen molar-refractivity contribution in [1.29, 1.82) is 0 Å². The molecule has 0 fully saturated rings. The van der Waals surface area contributed by atoms with Gasteiger partial charge >= 0.3 is 0 Å². The Hall–Kier alpha value is -2.18. The van der Waals surface area contributed by atoms with Gasteiger partial charge in [0.25, 0.3) is 0 Å². The van der Waals surface area contributed by atoms with E-state index in [1.165, 1.54) is 16.4 Å². The van der Waals surface area contributed by atoms with Crippen LogP contribution in [0.15, 0.2) is 47.6 Å². The zero-order valence-corrected chi connectivity index (χ0v) is 15.6. The molecule has 0 bridgehead atoms. The van der Waals surface area contributed by atoms with E-state index in [9.17, 15) is 0 Å². The second-order valence-corrected chi connectivity index (χ2v) is 7.04. The molecule has 3 aromatic rings. The zero-order chi connectivity index (χ0) is 17.8. The van der Waals surface area contributed by atoms with Crippen LogP contribution in [0.3, 0.4) is 0 Å². The van der Waals surface area contributed by atoms with Crippen molar-refractivity contribution in [2.24, 2.45) is 0 Å². The summed E-state index contributed by atoms with van der Waals surface area (Å²) in [5, 5.41) is 9.52. The highest BCUT2D eigenvalue weighted by Gasteiger charge is 2.14. The Labute approximate surface area is 156 Å². The highest BCUT2D eigenvalue weighted by atomic mass is 35.5. The molecule has 5 nitrogen and oxygen atoms in total. The van der Waals surface area contributed by atoms with Crippen LogP contribution in [0.2, 0.25) is 5.02 Å². The monoisotopic (exact) mass is 374 g/mol. The van der Waals surface area contributed by atoms with Gasteiger partial charge in [0, 0.05) is 11.3 Å². The topological polar surface area (TPSA) is 66.0 Å². The fourth-order valence-corrected chi connectivity index (χ4v) is 3.40. The molecule has 0 amide bonds. The molecule has 0 aliphatic carbocycles. The molecule has 2 aromatic carbocycles. The number of aryl methyl sites for hydroxylation is 2. The van der Waals surface area contributed by atoms with Crippen molar-refractivity contribution in [3.05, 3.63) is 58.6 Å². The van der Waals surface area contributed by atoms with E-state index in [-0.39, 0.29) is 0 Å². The molecular formula is C18H19ClN4OS. The van der Waals surface area contributed by atoms with Crippen LogP contribution in [0.5, 0.6) is 5.75 Å². The molecule has 0 saturated carbocycles. The van der Waals surface area contributed by atoms with Crippen molar-refractivity contribution < 1.29 is 4.74 Å². The van der Waals surface area contributed by atoms with Gasteiger partial charge in [0.15, 0.2) is 5.82 Å². The van der Waals surface area contributed by atoms with Crippen LogP contribution < -0.4 is 10.6 Å². The molecule has 1 heterocycles. The number of nitrogen functional groups attached to an aromatic ring is 1. The number of benzene rings is 2. The number of aromatic nitrogens is 3. The van der Waals surface area contributed by atoms with E-state index in [1.54, 1.807) is 6.07 Å². The Kier molecular flexibility index (Phi) is 5.50. The Balaban J connectivity index is 1.62.